The molecule has 1 saturated heterocycles. The van der Waals surface area contributed by atoms with Crippen LogP contribution < -0.4 is 9.47 Å². The van der Waals surface area contributed by atoms with E-state index >= 15 is 0 Å². The first-order chi connectivity index (χ1) is 19.5. The highest BCUT2D eigenvalue weighted by Gasteiger charge is 2.47. The van der Waals surface area contributed by atoms with Crippen molar-refractivity contribution in [3.8, 4) is 11.5 Å². The molecular formula is C32H44N2O6. The van der Waals surface area contributed by atoms with Gasteiger partial charge >= 0.3 is 5.97 Å². The van der Waals surface area contributed by atoms with Crippen molar-refractivity contribution in [3.05, 3.63) is 59.2 Å². The molecule has 2 N–H and O–H groups in total. The summed E-state index contributed by atoms with van der Waals surface area (Å²) in [6.45, 7) is 4.65. The number of aliphatic hydroxyl groups is 1. The second-order valence-corrected chi connectivity index (χ2v) is 10.9. The highest BCUT2D eigenvalue weighted by molar-refractivity contribution is 5.79. The predicted octanol–water partition coefficient (Wildman–Crippen LogP) is 4.13. The fourth-order valence-corrected chi connectivity index (χ4v) is 6.28. The molecular weight excluding hydrogens is 508 g/mol. The number of fused-ring (bicyclic) bond motifs is 1. The SMILES string of the molecule is CCCCN(CCCO)C(=O)CN1C[C@H](c2ccc3c(c2)CCO3)C(C(=O)O)[C@@H]1CCCc1ccccc1OC. The number of aryl methyl sites for hydroxylation is 1. The molecule has 4 rings (SSSR count). The van der Waals surface area contributed by atoms with Gasteiger partial charge in [0, 0.05) is 44.6 Å². The van der Waals surface area contributed by atoms with Gasteiger partial charge in [0.15, 0.2) is 0 Å². The topological polar surface area (TPSA) is 99.5 Å². The zero-order valence-electron chi connectivity index (χ0n) is 23.9. The van der Waals surface area contributed by atoms with E-state index in [9.17, 15) is 19.8 Å². The predicted molar refractivity (Wildman–Crippen MR) is 154 cm³/mol. The third-order valence-electron chi connectivity index (χ3n) is 8.37. The number of carboxylic acid groups (broad SMARTS) is 1. The number of nitrogens with zero attached hydrogens (tertiary/aromatic N) is 2. The molecule has 1 fully saturated rings. The van der Waals surface area contributed by atoms with Crippen molar-refractivity contribution in [1.29, 1.82) is 0 Å². The fraction of sp³-hybridized carbons (Fsp3) is 0.562. The molecule has 2 aliphatic rings. The molecule has 8 heteroatoms. The fourth-order valence-electron chi connectivity index (χ4n) is 6.28. The van der Waals surface area contributed by atoms with Crippen molar-refractivity contribution in [3.63, 3.8) is 0 Å². The van der Waals surface area contributed by atoms with Crippen LogP contribution in [0, 0.1) is 5.92 Å². The second kappa shape index (κ2) is 14.5. The summed E-state index contributed by atoms with van der Waals surface area (Å²) in [6, 6.07) is 13.7. The average Bonchev–Trinajstić information content (AvgIpc) is 3.57. The quantitative estimate of drug-likeness (QED) is 0.343. The molecule has 0 aliphatic carbocycles. The summed E-state index contributed by atoms with van der Waals surface area (Å²) in [7, 11) is 1.66. The van der Waals surface area contributed by atoms with Crippen molar-refractivity contribution in [2.45, 2.75) is 63.8 Å². The Balaban J connectivity index is 1.57. The first-order valence-electron chi connectivity index (χ1n) is 14.7. The largest absolute Gasteiger partial charge is 0.496 e. The van der Waals surface area contributed by atoms with Gasteiger partial charge in [-0.15, -0.1) is 0 Å². The summed E-state index contributed by atoms with van der Waals surface area (Å²) >= 11 is 0. The number of ether oxygens (including phenoxy) is 2. The minimum Gasteiger partial charge on any atom is -0.496 e. The van der Waals surface area contributed by atoms with E-state index in [1.54, 1.807) is 7.11 Å². The third-order valence-corrected chi connectivity index (χ3v) is 8.37. The number of benzene rings is 2. The maximum Gasteiger partial charge on any atom is 0.308 e. The van der Waals surface area contributed by atoms with Crippen molar-refractivity contribution < 1.29 is 29.3 Å². The number of aliphatic hydroxyl groups excluding tert-OH is 1. The zero-order chi connectivity index (χ0) is 28.5. The van der Waals surface area contributed by atoms with Gasteiger partial charge in [0.05, 0.1) is 26.2 Å². The molecule has 2 heterocycles. The van der Waals surface area contributed by atoms with Gasteiger partial charge in [-0.2, -0.15) is 0 Å². The van der Waals surface area contributed by atoms with E-state index < -0.39 is 11.9 Å². The third kappa shape index (κ3) is 7.15. The number of carboxylic acids is 1. The smallest absolute Gasteiger partial charge is 0.308 e. The van der Waals surface area contributed by atoms with Crippen LogP contribution in [0.25, 0.3) is 0 Å². The normalized spacial score (nSPS) is 20.2. The first kappa shape index (κ1) is 29.9. The van der Waals surface area contributed by atoms with Crippen LogP contribution in [0.15, 0.2) is 42.5 Å². The molecule has 218 valence electrons. The van der Waals surface area contributed by atoms with E-state index in [4.69, 9.17) is 9.47 Å². The number of methoxy groups -OCH3 is 1. The molecule has 40 heavy (non-hydrogen) atoms. The number of amides is 1. The molecule has 0 radical (unpaired) electrons. The van der Waals surface area contributed by atoms with E-state index in [0.29, 0.717) is 39.1 Å². The lowest BCUT2D eigenvalue weighted by Gasteiger charge is -2.30. The van der Waals surface area contributed by atoms with E-state index in [-0.39, 0.29) is 31.0 Å². The molecule has 0 spiro atoms. The second-order valence-electron chi connectivity index (χ2n) is 10.9. The minimum absolute atomic E-state index is 0.00349. The molecule has 0 aromatic heterocycles. The molecule has 1 amide bonds. The number of hydrogen-bond acceptors (Lipinski definition) is 6. The Hall–Kier alpha value is -3.10. The van der Waals surface area contributed by atoms with Gasteiger partial charge in [-0.05, 0) is 60.9 Å². The monoisotopic (exact) mass is 552 g/mol. The number of unbranched alkanes of at least 4 members (excludes halogenated alkanes) is 1. The highest BCUT2D eigenvalue weighted by atomic mass is 16.5. The van der Waals surface area contributed by atoms with Gasteiger partial charge in [0.25, 0.3) is 0 Å². The lowest BCUT2D eigenvalue weighted by Crippen LogP contribution is -2.44. The number of aliphatic carboxylic acids is 1. The summed E-state index contributed by atoms with van der Waals surface area (Å²) in [5, 5.41) is 19.9. The van der Waals surface area contributed by atoms with E-state index in [0.717, 1.165) is 60.3 Å². The highest BCUT2D eigenvalue weighted by Crippen LogP contribution is 2.41. The van der Waals surface area contributed by atoms with Gasteiger partial charge in [-0.1, -0.05) is 43.7 Å². The molecule has 2 aromatic rings. The Bertz CT molecular complexity index is 1130. The van der Waals surface area contributed by atoms with Gasteiger partial charge in [-0.25, -0.2) is 0 Å². The number of carbonyl (C=O) groups is 2. The number of likely N-dealkylation sites (tertiary alicyclic amines) is 1. The Morgan fingerprint density at radius 2 is 1.93 bits per heavy atom. The van der Waals surface area contributed by atoms with E-state index in [2.05, 4.69) is 17.9 Å². The van der Waals surface area contributed by atoms with Crippen LogP contribution in [0.1, 0.15) is 61.6 Å². The standard InChI is InChI=1S/C32H44N2O6/c1-3-4-16-33(17-8-18-35)30(36)22-34-21-26(24-13-14-29-25(20-24)15-19-40-29)31(32(37)38)27(34)11-7-10-23-9-5-6-12-28(23)39-2/h5-6,9,12-14,20,26-27,31,35H,3-4,7-8,10-11,15-19,21-22H2,1-2H3,(H,37,38)/t26-,27+,31?/m1/s1. The Labute approximate surface area is 237 Å². The van der Waals surface area contributed by atoms with Crippen LogP contribution in [0.2, 0.25) is 0 Å². The summed E-state index contributed by atoms with van der Waals surface area (Å²) < 4.78 is 11.2. The number of hydrogen-bond donors (Lipinski definition) is 2. The molecule has 8 nitrogen and oxygen atoms in total. The van der Waals surface area contributed by atoms with Crippen molar-refractivity contribution in [2.24, 2.45) is 5.92 Å². The molecule has 3 atom stereocenters. The molecule has 0 bridgehead atoms. The minimum atomic E-state index is -0.817. The number of carbonyl (C=O) groups excluding carboxylic acids is 1. The van der Waals surface area contributed by atoms with Gasteiger partial charge < -0.3 is 24.6 Å². The lowest BCUT2D eigenvalue weighted by atomic mass is 9.83. The van der Waals surface area contributed by atoms with Gasteiger partial charge in [-0.3, -0.25) is 14.5 Å². The molecule has 2 aliphatic heterocycles. The Kier molecular flexibility index (Phi) is 10.8. The van der Waals surface area contributed by atoms with Crippen LogP contribution in [0.4, 0.5) is 0 Å². The summed E-state index contributed by atoms with van der Waals surface area (Å²) in [5.41, 5.74) is 3.23. The van der Waals surface area contributed by atoms with E-state index in [1.165, 1.54) is 0 Å². The molecule has 0 saturated carbocycles. The van der Waals surface area contributed by atoms with Crippen LogP contribution in [-0.2, 0) is 22.4 Å². The maximum absolute atomic E-state index is 13.5. The zero-order valence-corrected chi connectivity index (χ0v) is 23.9. The van der Waals surface area contributed by atoms with Crippen LogP contribution in [0.5, 0.6) is 11.5 Å². The van der Waals surface area contributed by atoms with Crippen molar-refractivity contribution >= 4 is 11.9 Å². The van der Waals surface area contributed by atoms with Crippen molar-refractivity contribution in [1.82, 2.24) is 9.80 Å². The van der Waals surface area contributed by atoms with Crippen LogP contribution in [0.3, 0.4) is 0 Å². The van der Waals surface area contributed by atoms with Crippen molar-refractivity contribution in [2.75, 3.05) is 46.5 Å². The first-order valence-corrected chi connectivity index (χ1v) is 14.7. The summed E-state index contributed by atoms with van der Waals surface area (Å²) in [5.74, 6) is 0.0705. The van der Waals surface area contributed by atoms with E-state index in [1.807, 2.05) is 41.3 Å². The number of para-hydroxylation sites is 1. The Morgan fingerprint density at radius 1 is 1.12 bits per heavy atom. The van der Waals surface area contributed by atoms with Gasteiger partial charge in [0.2, 0.25) is 5.91 Å². The van der Waals surface area contributed by atoms with Gasteiger partial charge in [0.1, 0.15) is 11.5 Å². The van der Waals surface area contributed by atoms with Crippen LogP contribution >= 0.6 is 0 Å². The van der Waals surface area contributed by atoms with Crippen LogP contribution in [-0.4, -0.2) is 84.4 Å². The molecule has 2 aromatic carbocycles. The molecule has 1 unspecified atom stereocenters. The number of rotatable bonds is 15. The maximum atomic E-state index is 13.5. The summed E-state index contributed by atoms with van der Waals surface area (Å²) in [6.07, 6.45) is 5.46. The average molecular weight is 553 g/mol. The Morgan fingerprint density at radius 3 is 2.67 bits per heavy atom. The lowest BCUT2D eigenvalue weighted by molar-refractivity contribution is -0.144. The summed E-state index contributed by atoms with van der Waals surface area (Å²) in [4.78, 5) is 30.3.